The lowest BCUT2D eigenvalue weighted by molar-refractivity contribution is -0.154. The van der Waals surface area contributed by atoms with Crippen LogP contribution in [0.15, 0.2) is 157 Å². The molecule has 1 aliphatic heterocycles. The molecule has 0 saturated carbocycles. The van der Waals surface area contributed by atoms with E-state index in [-0.39, 0.29) is 28.1 Å². The Bertz CT molecular complexity index is 1540. The summed E-state index contributed by atoms with van der Waals surface area (Å²) in [5.41, 5.74) is 4.53. The Hall–Kier alpha value is -3.36. The second-order valence-electron chi connectivity index (χ2n) is 11.3. The SMILES string of the molecule is c1ccc(COC[C@H]2S[C@@H](Sc3ccccc3)[C@H](OCc3ccccc3)[C@@H](OCc3ccccc3)[C@@H]2OCc2ccccc2)cc1. The van der Waals surface area contributed by atoms with Gasteiger partial charge in [0.2, 0.25) is 0 Å². The van der Waals surface area contributed by atoms with Gasteiger partial charge in [-0.15, -0.1) is 23.5 Å². The molecule has 5 aromatic rings. The summed E-state index contributed by atoms with van der Waals surface area (Å²) in [6, 6.07) is 52.0. The Kier molecular flexibility index (Phi) is 12.4. The van der Waals surface area contributed by atoms with Crippen molar-refractivity contribution in [3.05, 3.63) is 174 Å². The second kappa shape index (κ2) is 17.5. The van der Waals surface area contributed by atoms with Gasteiger partial charge >= 0.3 is 0 Å². The van der Waals surface area contributed by atoms with Gasteiger partial charge in [0.1, 0.15) is 18.3 Å². The fourth-order valence-corrected chi connectivity index (χ4v) is 8.70. The molecule has 1 heterocycles. The molecular formula is C40H40O4S2. The van der Waals surface area contributed by atoms with Gasteiger partial charge in [-0.3, -0.25) is 0 Å². The Morgan fingerprint density at radius 1 is 0.435 bits per heavy atom. The molecule has 4 nitrogen and oxygen atoms in total. The normalized spacial score (nSPS) is 21.2. The third-order valence-electron chi connectivity index (χ3n) is 7.84. The average Bonchev–Trinajstić information content (AvgIpc) is 3.12. The van der Waals surface area contributed by atoms with Crippen LogP contribution in [0.2, 0.25) is 0 Å². The van der Waals surface area contributed by atoms with Crippen molar-refractivity contribution in [2.45, 2.75) is 59.5 Å². The van der Waals surface area contributed by atoms with E-state index < -0.39 is 0 Å². The van der Waals surface area contributed by atoms with Crippen LogP contribution in [0.3, 0.4) is 0 Å². The summed E-state index contributed by atoms with van der Waals surface area (Å²) in [6.07, 6.45) is -0.844. The minimum atomic E-state index is -0.333. The van der Waals surface area contributed by atoms with Crippen LogP contribution in [0.25, 0.3) is 0 Å². The predicted octanol–water partition coefficient (Wildman–Crippen LogP) is 9.19. The minimum absolute atomic E-state index is 0.0194. The van der Waals surface area contributed by atoms with Gasteiger partial charge in [-0.2, -0.15) is 0 Å². The van der Waals surface area contributed by atoms with Gasteiger partial charge in [0.15, 0.2) is 0 Å². The molecule has 0 N–H and O–H groups in total. The standard InChI is InChI=1S/C40H40O4S2/c1-6-16-31(17-7-1)26-41-30-36-37(42-27-32-18-8-2-9-19-32)38(43-28-33-20-10-3-11-21-33)39(44-29-34-22-12-4-13-23-34)40(46-36)45-35-24-14-5-15-25-35/h1-25,36-40H,26-30H2/t36-,37-,38+,39-,40-/m1/s1. The first-order valence-electron chi connectivity index (χ1n) is 15.8. The monoisotopic (exact) mass is 648 g/mol. The first-order valence-corrected chi connectivity index (χ1v) is 17.6. The quantitative estimate of drug-likeness (QED) is 0.113. The van der Waals surface area contributed by atoms with Crippen molar-refractivity contribution in [2.75, 3.05) is 6.61 Å². The molecule has 0 aromatic heterocycles. The lowest BCUT2D eigenvalue weighted by Crippen LogP contribution is -2.56. The highest BCUT2D eigenvalue weighted by Crippen LogP contribution is 2.46. The summed E-state index contributed by atoms with van der Waals surface area (Å²) in [6.45, 7) is 2.51. The van der Waals surface area contributed by atoms with Gasteiger partial charge in [-0.25, -0.2) is 0 Å². The largest absolute Gasteiger partial charge is 0.376 e. The summed E-state index contributed by atoms with van der Waals surface area (Å²) in [4.78, 5) is 1.20. The average molecular weight is 649 g/mol. The number of rotatable bonds is 15. The number of benzene rings is 5. The van der Waals surface area contributed by atoms with Gasteiger partial charge in [0.05, 0.1) is 42.9 Å². The van der Waals surface area contributed by atoms with Gasteiger partial charge in [-0.1, -0.05) is 140 Å². The lowest BCUT2D eigenvalue weighted by Gasteiger charge is -2.45. The maximum atomic E-state index is 6.90. The predicted molar refractivity (Wildman–Crippen MR) is 189 cm³/mol. The Morgan fingerprint density at radius 3 is 1.30 bits per heavy atom. The van der Waals surface area contributed by atoms with Crippen LogP contribution >= 0.6 is 23.5 Å². The topological polar surface area (TPSA) is 36.9 Å². The van der Waals surface area contributed by atoms with Gasteiger partial charge in [0.25, 0.3) is 0 Å². The van der Waals surface area contributed by atoms with E-state index in [9.17, 15) is 0 Å². The van der Waals surface area contributed by atoms with E-state index in [2.05, 4.69) is 127 Å². The number of hydrogen-bond acceptors (Lipinski definition) is 6. The summed E-state index contributed by atoms with van der Waals surface area (Å²) >= 11 is 3.71. The summed E-state index contributed by atoms with van der Waals surface area (Å²) in [5, 5.41) is 0.0194. The fourth-order valence-electron chi connectivity index (χ4n) is 5.48. The highest BCUT2D eigenvalue weighted by molar-refractivity contribution is 8.17. The lowest BCUT2D eigenvalue weighted by atomic mass is 10.0. The molecule has 1 fully saturated rings. The Balaban J connectivity index is 1.31. The Morgan fingerprint density at radius 2 is 0.826 bits per heavy atom. The zero-order valence-corrected chi connectivity index (χ0v) is 27.4. The second-order valence-corrected chi connectivity index (χ2v) is 14.2. The van der Waals surface area contributed by atoms with E-state index in [1.807, 2.05) is 47.8 Å². The van der Waals surface area contributed by atoms with Crippen molar-refractivity contribution in [1.29, 1.82) is 0 Å². The number of thioether (sulfide) groups is 2. The van der Waals surface area contributed by atoms with Gasteiger partial charge in [0, 0.05) is 4.90 Å². The fraction of sp³-hybridized carbons (Fsp3) is 0.250. The molecule has 6 rings (SSSR count). The maximum Gasteiger partial charge on any atom is 0.113 e. The molecule has 0 spiro atoms. The van der Waals surface area contributed by atoms with Crippen LogP contribution in [0.1, 0.15) is 22.3 Å². The first-order chi connectivity index (χ1) is 22.8. The third-order valence-corrected chi connectivity index (χ3v) is 10.8. The van der Waals surface area contributed by atoms with Gasteiger partial charge in [-0.05, 0) is 34.4 Å². The summed E-state index contributed by atoms with van der Waals surface area (Å²) in [5.74, 6) is 0. The molecule has 0 aliphatic carbocycles. The van der Waals surface area contributed by atoms with Crippen LogP contribution in [-0.2, 0) is 45.4 Å². The smallest absolute Gasteiger partial charge is 0.113 e. The molecule has 6 heteroatoms. The van der Waals surface area contributed by atoms with E-state index in [4.69, 9.17) is 18.9 Å². The van der Waals surface area contributed by atoms with Crippen molar-refractivity contribution in [1.82, 2.24) is 0 Å². The summed E-state index contributed by atoms with van der Waals surface area (Å²) in [7, 11) is 0. The molecule has 236 valence electrons. The minimum Gasteiger partial charge on any atom is -0.376 e. The van der Waals surface area contributed by atoms with Crippen LogP contribution in [-0.4, -0.2) is 34.8 Å². The van der Waals surface area contributed by atoms with Crippen LogP contribution < -0.4 is 0 Å². The zero-order valence-electron chi connectivity index (χ0n) is 25.8. The first kappa shape index (κ1) is 32.6. The van der Waals surface area contributed by atoms with Crippen LogP contribution in [0.4, 0.5) is 0 Å². The number of hydrogen-bond donors (Lipinski definition) is 0. The van der Waals surface area contributed by atoms with Crippen LogP contribution in [0, 0.1) is 0 Å². The zero-order chi connectivity index (χ0) is 31.2. The van der Waals surface area contributed by atoms with Crippen molar-refractivity contribution >= 4 is 23.5 Å². The van der Waals surface area contributed by atoms with E-state index in [1.54, 1.807) is 0 Å². The summed E-state index contributed by atoms with van der Waals surface area (Å²) < 4.78 is 27.1. The molecule has 1 aliphatic rings. The van der Waals surface area contributed by atoms with E-state index >= 15 is 0 Å². The maximum absolute atomic E-state index is 6.90. The molecular weight excluding hydrogens is 609 g/mol. The van der Waals surface area contributed by atoms with Crippen molar-refractivity contribution < 1.29 is 18.9 Å². The van der Waals surface area contributed by atoms with E-state index in [0.29, 0.717) is 33.0 Å². The number of ether oxygens (including phenoxy) is 4. The molecule has 46 heavy (non-hydrogen) atoms. The molecule has 5 atom stereocenters. The molecule has 5 aromatic carbocycles. The van der Waals surface area contributed by atoms with E-state index in [0.717, 1.165) is 22.3 Å². The molecule has 0 bridgehead atoms. The van der Waals surface area contributed by atoms with Gasteiger partial charge < -0.3 is 18.9 Å². The highest BCUT2D eigenvalue weighted by atomic mass is 32.2. The van der Waals surface area contributed by atoms with Crippen molar-refractivity contribution in [3.63, 3.8) is 0 Å². The molecule has 1 saturated heterocycles. The van der Waals surface area contributed by atoms with Crippen LogP contribution in [0.5, 0.6) is 0 Å². The molecule has 0 amide bonds. The Labute approximate surface area is 281 Å². The molecule has 0 unspecified atom stereocenters. The van der Waals surface area contributed by atoms with Crippen molar-refractivity contribution in [2.24, 2.45) is 0 Å². The van der Waals surface area contributed by atoms with E-state index in [1.165, 1.54) is 4.90 Å². The van der Waals surface area contributed by atoms with Crippen molar-refractivity contribution in [3.8, 4) is 0 Å². The third kappa shape index (κ3) is 9.58. The highest BCUT2D eigenvalue weighted by Gasteiger charge is 2.48. The molecule has 0 radical (unpaired) electrons.